The molecule has 0 unspecified atom stereocenters. The summed E-state index contributed by atoms with van der Waals surface area (Å²) in [5.41, 5.74) is -16.1. The third-order valence-corrected chi connectivity index (χ3v) is 5.88. The van der Waals surface area contributed by atoms with Gasteiger partial charge >= 0.3 is 71.8 Å². The second-order valence-corrected chi connectivity index (χ2v) is 8.86. The van der Waals surface area contributed by atoms with Gasteiger partial charge in [0.25, 0.3) is 0 Å². The molecule has 0 nitrogen and oxygen atoms in total. The van der Waals surface area contributed by atoms with Crippen molar-refractivity contribution in [1.82, 2.24) is 0 Å². The van der Waals surface area contributed by atoms with E-state index < -0.39 is 113 Å². The van der Waals surface area contributed by atoms with Gasteiger partial charge in [0.1, 0.15) is 0 Å². The minimum atomic E-state index is -8.31. The first kappa shape index (κ1) is 41.4. The molecule has 46 heavy (non-hydrogen) atoms. The lowest BCUT2D eigenvalue weighted by Crippen LogP contribution is -2.61. The highest BCUT2D eigenvalue weighted by Crippen LogP contribution is 2.62. The first-order valence-electron chi connectivity index (χ1n) is 10.3. The van der Waals surface area contributed by atoms with E-state index in [1.54, 1.807) is 0 Å². The molecule has 0 amide bonds. The monoisotopic (exact) mass is 746 g/mol. The highest BCUT2D eigenvalue weighted by atomic mass is 19.4. The smallest absolute Gasteiger partial charge is 0.194 e. The third-order valence-electron chi connectivity index (χ3n) is 5.88. The Morgan fingerprint density at radius 1 is 0.304 bits per heavy atom. The lowest BCUT2D eigenvalue weighted by Gasteiger charge is -2.38. The normalized spacial score (nSPS) is 16.3. The van der Waals surface area contributed by atoms with Gasteiger partial charge in [-0.15, -0.1) is 0 Å². The van der Waals surface area contributed by atoms with Gasteiger partial charge in [0.2, 0.25) is 0 Å². The number of hydrogen-bond donors (Lipinski definition) is 0. The summed E-state index contributed by atoms with van der Waals surface area (Å²) >= 11 is 0. The van der Waals surface area contributed by atoms with Gasteiger partial charge < -0.3 is 0 Å². The van der Waals surface area contributed by atoms with E-state index in [2.05, 4.69) is 0 Å². The second-order valence-electron chi connectivity index (χ2n) is 8.86. The van der Waals surface area contributed by atoms with Crippen molar-refractivity contribution >= 4 is 0 Å². The van der Waals surface area contributed by atoms with E-state index in [-0.39, 0.29) is 0 Å². The molecule has 0 aromatic heterocycles. The van der Waals surface area contributed by atoms with Gasteiger partial charge in [-0.1, -0.05) is 0 Å². The lowest BCUT2D eigenvalue weighted by molar-refractivity contribution is -0.401. The van der Waals surface area contributed by atoms with Crippen molar-refractivity contribution in [1.29, 1.82) is 0 Å². The van der Waals surface area contributed by atoms with Crippen molar-refractivity contribution in [3.05, 3.63) is 34.4 Å². The van der Waals surface area contributed by atoms with Gasteiger partial charge in [-0.3, -0.25) is 0 Å². The van der Waals surface area contributed by atoms with E-state index in [0.29, 0.717) is 0 Å². The standard InChI is InChI=1S/C19H5F27/c1-4-6(9(22,23)12(28,29)15(34,35)18(41,42)43)2-5(8(20,21)11(26,27)14(32,33)17(38,39)40)3-7(4)10(24,25)13(30,31)16(36,37)19(44,45)46/h2-3H,1H3. The van der Waals surface area contributed by atoms with E-state index in [4.69, 9.17) is 0 Å². The van der Waals surface area contributed by atoms with Gasteiger partial charge in [-0.2, -0.15) is 119 Å². The number of hydrogen-bond acceptors (Lipinski definition) is 0. The molecule has 0 N–H and O–H groups in total. The Hall–Kier alpha value is -2.67. The largest absolute Gasteiger partial charge is 0.460 e. The number of alkyl halides is 27. The molecular weight excluding hydrogens is 741 g/mol. The molecule has 0 aliphatic heterocycles. The molecule has 270 valence electrons. The van der Waals surface area contributed by atoms with E-state index >= 15 is 0 Å². The molecule has 27 heteroatoms. The van der Waals surface area contributed by atoms with Crippen LogP contribution in [0, 0.1) is 6.92 Å². The lowest BCUT2D eigenvalue weighted by atomic mass is 9.83. The van der Waals surface area contributed by atoms with Crippen LogP contribution in [0.3, 0.4) is 0 Å². The third kappa shape index (κ3) is 5.33. The van der Waals surface area contributed by atoms with Crippen molar-refractivity contribution in [3.8, 4) is 0 Å². The summed E-state index contributed by atoms with van der Waals surface area (Å²) in [6, 6.07) is -4.37. The Bertz CT molecular complexity index is 1210. The molecule has 0 fully saturated rings. The molecule has 0 bridgehead atoms. The average Bonchev–Trinajstić information content (AvgIpc) is 2.80. The van der Waals surface area contributed by atoms with Crippen molar-refractivity contribution in [2.45, 2.75) is 78.8 Å². The summed E-state index contributed by atoms with van der Waals surface area (Å²) in [5, 5.41) is 0. The van der Waals surface area contributed by atoms with Gasteiger partial charge in [-0.25, -0.2) is 0 Å². The summed E-state index contributed by atoms with van der Waals surface area (Å²) in [6.07, 6.45) is -23.7. The molecule has 1 aromatic rings. The Balaban J connectivity index is 4.58. The van der Waals surface area contributed by atoms with Crippen molar-refractivity contribution in [2.75, 3.05) is 0 Å². The minimum Gasteiger partial charge on any atom is -0.194 e. The predicted molar refractivity (Wildman–Crippen MR) is 90.7 cm³/mol. The van der Waals surface area contributed by atoms with Gasteiger partial charge in [-0.05, 0) is 24.6 Å². The van der Waals surface area contributed by atoms with Crippen molar-refractivity contribution < 1.29 is 119 Å². The van der Waals surface area contributed by atoms with Gasteiger partial charge in [0, 0.05) is 16.7 Å². The summed E-state index contributed by atoms with van der Waals surface area (Å²) in [6.45, 7) is -0.986. The van der Waals surface area contributed by atoms with E-state index in [9.17, 15) is 119 Å². The number of rotatable bonds is 9. The molecule has 0 radical (unpaired) electrons. The van der Waals surface area contributed by atoms with Crippen molar-refractivity contribution in [3.63, 3.8) is 0 Å². The molecule has 1 aromatic carbocycles. The molecule has 0 spiro atoms. The Kier molecular flexibility index (Phi) is 9.36. The van der Waals surface area contributed by atoms with Crippen LogP contribution in [-0.4, -0.2) is 54.1 Å². The SMILES string of the molecule is Cc1c(C(F)(F)C(F)(F)C(F)(F)C(F)(F)F)cc(C(F)(F)C(F)(F)C(F)(F)C(F)(F)F)cc1C(F)(F)C(F)(F)C(F)(F)C(F)(F)F. The van der Waals surface area contributed by atoms with Crippen molar-refractivity contribution in [2.24, 2.45) is 0 Å². The van der Waals surface area contributed by atoms with Gasteiger partial charge in [0.15, 0.2) is 0 Å². The summed E-state index contributed by atoms with van der Waals surface area (Å²) in [5.74, 6) is -73.1. The molecule has 0 saturated heterocycles. The maximum absolute atomic E-state index is 14.5. The van der Waals surface area contributed by atoms with E-state index in [1.165, 1.54) is 0 Å². The number of halogens is 27. The van der Waals surface area contributed by atoms with Crippen LogP contribution < -0.4 is 0 Å². The second kappa shape index (κ2) is 10.4. The fraction of sp³-hybridized carbons (Fsp3) is 0.684. The molecule has 0 saturated carbocycles. The molecule has 0 atom stereocenters. The molecular formula is C19H5F27. The molecule has 0 heterocycles. The summed E-state index contributed by atoms with van der Waals surface area (Å²) in [4.78, 5) is 0. The van der Waals surface area contributed by atoms with Crippen LogP contribution in [0.2, 0.25) is 0 Å². The van der Waals surface area contributed by atoms with Crippen LogP contribution in [0.5, 0.6) is 0 Å². The van der Waals surface area contributed by atoms with Crippen LogP contribution in [0.15, 0.2) is 12.1 Å². The fourth-order valence-corrected chi connectivity index (χ4v) is 3.19. The van der Waals surface area contributed by atoms with Crippen LogP contribution in [0.1, 0.15) is 22.3 Å². The maximum Gasteiger partial charge on any atom is 0.460 e. The Morgan fingerprint density at radius 2 is 0.500 bits per heavy atom. The topological polar surface area (TPSA) is 0 Å². The Labute approximate surface area is 233 Å². The molecule has 0 aliphatic carbocycles. The highest BCUT2D eigenvalue weighted by molar-refractivity contribution is 5.47. The highest BCUT2D eigenvalue weighted by Gasteiger charge is 2.85. The van der Waals surface area contributed by atoms with Crippen LogP contribution >= 0.6 is 0 Å². The first-order chi connectivity index (χ1) is 19.5. The van der Waals surface area contributed by atoms with E-state index in [0.717, 1.165) is 0 Å². The summed E-state index contributed by atoms with van der Waals surface area (Å²) in [7, 11) is 0. The predicted octanol–water partition coefficient (Wildman–Crippen LogP) is 10.8. The van der Waals surface area contributed by atoms with Gasteiger partial charge in [0.05, 0.1) is 0 Å². The van der Waals surface area contributed by atoms with E-state index in [1.807, 2.05) is 0 Å². The minimum absolute atomic E-state index is 0.986. The summed E-state index contributed by atoms with van der Waals surface area (Å²) < 4.78 is 362. The molecule has 1 rings (SSSR count). The Morgan fingerprint density at radius 3 is 0.696 bits per heavy atom. The zero-order valence-corrected chi connectivity index (χ0v) is 20.4. The van der Waals surface area contributed by atoms with Crippen LogP contribution in [0.25, 0.3) is 0 Å². The quantitative estimate of drug-likeness (QED) is 0.221. The van der Waals surface area contributed by atoms with Crippen LogP contribution in [-0.2, 0) is 17.8 Å². The molecule has 0 aliphatic rings. The average molecular weight is 746 g/mol. The maximum atomic E-state index is 14.5. The first-order valence-corrected chi connectivity index (χ1v) is 10.3. The number of benzene rings is 1. The fourth-order valence-electron chi connectivity index (χ4n) is 3.19. The zero-order chi connectivity index (χ0) is 37.7. The zero-order valence-electron chi connectivity index (χ0n) is 20.4. The van der Waals surface area contributed by atoms with Crippen LogP contribution in [0.4, 0.5) is 119 Å².